The van der Waals surface area contributed by atoms with Gasteiger partial charge in [0.15, 0.2) is 0 Å². The molecule has 0 unspecified atom stereocenters. The predicted octanol–water partition coefficient (Wildman–Crippen LogP) is 3.85. The van der Waals surface area contributed by atoms with Gasteiger partial charge in [-0.25, -0.2) is 0 Å². The van der Waals surface area contributed by atoms with Gasteiger partial charge in [0.25, 0.3) is 0 Å². The SMILES string of the molecule is Cc1ccc(CN(C)CC(C)(C)CBr)cc1. The maximum absolute atomic E-state index is 3.57. The molecular formula is C14H22BrN. The highest BCUT2D eigenvalue weighted by molar-refractivity contribution is 9.09. The maximum Gasteiger partial charge on any atom is 0.0230 e. The molecule has 0 saturated carbocycles. The molecule has 0 spiro atoms. The molecule has 1 rings (SSSR count). The number of halogens is 1. The van der Waals surface area contributed by atoms with Gasteiger partial charge in [-0.1, -0.05) is 59.6 Å². The molecule has 1 nitrogen and oxygen atoms in total. The Morgan fingerprint density at radius 2 is 1.75 bits per heavy atom. The number of nitrogens with zero attached hydrogens (tertiary/aromatic N) is 1. The molecule has 0 atom stereocenters. The summed E-state index contributed by atoms with van der Waals surface area (Å²) >= 11 is 3.57. The number of hydrogen-bond donors (Lipinski definition) is 0. The minimum absolute atomic E-state index is 0.333. The van der Waals surface area contributed by atoms with Gasteiger partial charge < -0.3 is 4.90 Å². The second-order valence-electron chi connectivity index (χ2n) is 5.46. The third kappa shape index (κ3) is 4.67. The molecule has 0 aliphatic rings. The molecule has 1 aromatic carbocycles. The quantitative estimate of drug-likeness (QED) is 0.742. The second kappa shape index (κ2) is 5.83. The first kappa shape index (κ1) is 13.7. The number of alkyl halides is 1. The van der Waals surface area contributed by atoms with Gasteiger partial charge in [-0.05, 0) is 24.9 Å². The van der Waals surface area contributed by atoms with Gasteiger partial charge in [0, 0.05) is 18.4 Å². The molecule has 2 heteroatoms. The number of benzene rings is 1. The molecule has 0 heterocycles. The number of aryl methyl sites for hydroxylation is 1. The first-order valence-electron chi connectivity index (χ1n) is 5.73. The third-order valence-corrected chi connectivity index (χ3v) is 4.15. The fraction of sp³-hybridized carbons (Fsp3) is 0.571. The van der Waals surface area contributed by atoms with E-state index >= 15 is 0 Å². The van der Waals surface area contributed by atoms with E-state index in [1.54, 1.807) is 0 Å². The zero-order valence-electron chi connectivity index (χ0n) is 10.8. The van der Waals surface area contributed by atoms with Crippen LogP contribution >= 0.6 is 15.9 Å². The van der Waals surface area contributed by atoms with Crippen molar-refractivity contribution in [3.8, 4) is 0 Å². The smallest absolute Gasteiger partial charge is 0.0230 e. The number of hydrogen-bond acceptors (Lipinski definition) is 1. The van der Waals surface area contributed by atoms with E-state index in [0.29, 0.717) is 5.41 Å². The fourth-order valence-electron chi connectivity index (χ4n) is 1.83. The van der Waals surface area contributed by atoms with E-state index in [1.165, 1.54) is 11.1 Å². The van der Waals surface area contributed by atoms with E-state index in [0.717, 1.165) is 18.4 Å². The van der Waals surface area contributed by atoms with Crippen LogP contribution in [0, 0.1) is 12.3 Å². The van der Waals surface area contributed by atoms with Crippen molar-refractivity contribution in [2.45, 2.75) is 27.3 Å². The van der Waals surface area contributed by atoms with Crippen LogP contribution in [0.1, 0.15) is 25.0 Å². The Morgan fingerprint density at radius 3 is 2.25 bits per heavy atom. The van der Waals surface area contributed by atoms with Crippen LogP contribution in [0.3, 0.4) is 0 Å². The van der Waals surface area contributed by atoms with Crippen LogP contribution in [-0.2, 0) is 6.54 Å². The van der Waals surface area contributed by atoms with Crippen LogP contribution in [0.4, 0.5) is 0 Å². The van der Waals surface area contributed by atoms with Crippen LogP contribution in [-0.4, -0.2) is 23.8 Å². The molecule has 0 aliphatic heterocycles. The Balaban J connectivity index is 2.51. The van der Waals surface area contributed by atoms with E-state index in [9.17, 15) is 0 Å². The predicted molar refractivity (Wildman–Crippen MR) is 75.1 cm³/mol. The summed E-state index contributed by atoms with van der Waals surface area (Å²) in [7, 11) is 2.18. The second-order valence-corrected chi connectivity index (χ2v) is 6.02. The van der Waals surface area contributed by atoms with Gasteiger partial charge in [0.2, 0.25) is 0 Å². The molecular weight excluding hydrogens is 262 g/mol. The van der Waals surface area contributed by atoms with Gasteiger partial charge in [-0.3, -0.25) is 0 Å². The summed E-state index contributed by atoms with van der Waals surface area (Å²) in [6, 6.07) is 8.79. The normalized spacial score (nSPS) is 12.1. The summed E-state index contributed by atoms with van der Waals surface area (Å²) < 4.78 is 0. The Morgan fingerprint density at radius 1 is 1.19 bits per heavy atom. The van der Waals surface area contributed by atoms with Gasteiger partial charge in [-0.15, -0.1) is 0 Å². The van der Waals surface area contributed by atoms with Crippen LogP contribution in [0.15, 0.2) is 24.3 Å². The lowest BCUT2D eigenvalue weighted by molar-refractivity contribution is 0.226. The van der Waals surface area contributed by atoms with Crippen LogP contribution in [0.2, 0.25) is 0 Å². The van der Waals surface area contributed by atoms with Crippen molar-refractivity contribution in [2.24, 2.45) is 5.41 Å². The Labute approximate surface area is 108 Å². The highest BCUT2D eigenvalue weighted by Crippen LogP contribution is 2.20. The molecule has 0 fully saturated rings. The average Bonchev–Trinajstić information content (AvgIpc) is 2.21. The Kier molecular flexibility index (Phi) is 5.00. The summed E-state index contributed by atoms with van der Waals surface area (Å²) in [6.45, 7) is 8.82. The Bertz CT molecular complexity index is 316. The topological polar surface area (TPSA) is 3.24 Å². The summed E-state index contributed by atoms with van der Waals surface area (Å²) in [5.74, 6) is 0. The van der Waals surface area contributed by atoms with E-state index in [1.807, 2.05) is 0 Å². The van der Waals surface area contributed by atoms with Crippen molar-refractivity contribution in [2.75, 3.05) is 18.9 Å². The average molecular weight is 284 g/mol. The fourth-order valence-corrected chi connectivity index (χ4v) is 2.01. The highest BCUT2D eigenvalue weighted by atomic mass is 79.9. The van der Waals surface area contributed by atoms with E-state index < -0.39 is 0 Å². The first-order valence-corrected chi connectivity index (χ1v) is 6.85. The molecule has 1 aromatic rings. The minimum atomic E-state index is 0.333. The van der Waals surface area contributed by atoms with E-state index in [4.69, 9.17) is 0 Å². The van der Waals surface area contributed by atoms with Gasteiger partial charge in [0.1, 0.15) is 0 Å². The lowest BCUT2D eigenvalue weighted by atomic mass is 9.96. The van der Waals surface area contributed by atoms with Crippen molar-refractivity contribution >= 4 is 15.9 Å². The third-order valence-electron chi connectivity index (χ3n) is 2.63. The molecule has 0 aliphatic carbocycles. The molecule has 0 bridgehead atoms. The van der Waals surface area contributed by atoms with Crippen molar-refractivity contribution in [1.82, 2.24) is 4.90 Å². The monoisotopic (exact) mass is 283 g/mol. The van der Waals surface area contributed by atoms with Crippen molar-refractivity contribution in [1.29, 1.82) is 0 Å². The molecule has 90 valence electrons. The molecule has 0 aromatic heterocycles. The molecule has 0 N–H and O–H groups in total. The molecule has 16 heavy (non-hydrogen) atoms. The summed E-state index contributed by atoms with van der Waals surface area (Å²) in [5, 5.41) is 1.04. The molecule has 0 amide bonds. The van der Waals surface area contributed by atoms with E-state index in [-0.39, 0.29) is 0 Å². The maximum atomic E-state index is 3.57. The number of rotatable bonds is 5. The highest BCUT2D eigenvalue weighted by Gasteiger charge is 2.18. The van der Waals surface area contributed by atoms with Gasteiger partial charge >= 0.3 is 0 Å². The minimum Gasteiger partial charge on any atom is -0.302 e. The van der Waals surface area contributed by atoms with Crippen molar-refractivity contribution in [3.63, 3.8) is 0 Å². The zero-order valence-corrected chi connectivity index (χ0v) is 12.3. The summed E-state index contributed by atoms with van der Waals surface area (Å²) in [5.41, 5.74) is 3.05. The van der Waals surface area contributed by atoms with Crippen LogP contribution < -0.4 is 0 Å². The first-order chi connectivity index (χ1) is 7.43. The lowest BCUT2D eigenvalue weighted by Crippen LogP contribution is -2.32. The molecule has 0 saturated heterocycles. The largest absolute Gasteiger partial charge is 0.302 e. The van der Waals surface area contributed by atoms with Gasteiger partial charge in [0.05, 0.1) is 0 Å². The summed E-state index contributed by atoms with van der Waals surface area (Å²) in [4.78, 5) is 2.38. The van der Waals surface area contributed by atoms with Crippen LogP contribution in [0.25, 0.3) is 0 Å². The van der Waals surface area contributed by atoms with Gasteiger partial charge in [-0.2, -0.15) is 0 Å². The Hall–Kier alpha value is -0.340. The van der Waals surface area contributed by atoms with Crippen molar-refractivity contribution < 1.29 is 0 Å². The van der Waals surface area contributed by atoms with Crippen LogP contribution in [0.5, 0.6) is 0 Å². The summed E-state index contributed by atoms with van der Waals surface area (Å²) in [6.07, 6.45) is 0. The lowest BCUT2D eigenvalue weighted by Gasteiger charge is -2.28. The molecule has 0 radical (unpaired) electrons. The van der Waals surface area contributed by atoms with Crippen molar-refractivity contribution in [3.05, 3.63) is 35.4 Å². The standard InChI is InChI=1S/C14H22BrN/c1-12-5-7-13(8-6-12)9-16(4)11-14(2,3)10-15/h5-8H,9-11H2,1-4H3. The van der Waals surface area contributed by atoms with E-state index in [2.05, 4.69) is 72.9 Å². The zero-order chi connectivity index (χ0) is 12.2.